The van der Waals surface area contributed by atoms with Gasteiger partial charge in [0.15, 0.2) is 0 Å². The molecule has 2 nitrogen and oxygen atoms in total. The first-order valence-corrected chi connectivity index (χ1v) is 5.17. The Morgan fingerprint density at radius 3 is 3.10 bits per heavy atom. The van der Waals surface area contributed by atoms with Crippen molar-refractivity contribution < 1.29 is 25.9 Å². The van der Waals surface area contributed by atoms with Crippen LogP contribution in [-0.4, -0.2) is 7.11 Å². The van der Waals surface area contributed by atoms with Crippen molar-refractivity contribution >= 4 is 0 Å². The van der Waals surface area contributed by atoms with Gasteiger partial charge in [-0.2, -0.15) is 0 Å². The Morgan fingerprint density at radius 1 is 1.60 bits per heavy atom. The normalized spacial score (nSPS) is 18.1. The molecular weight excluding hydrogens is 241 g/mol. The van der Waals surface area contributed by atoms with Crippen LogP contribution >= 0.6 is 0 Å². The zero-order chi connectivity index (χ0) is 7.40. The van der Waals surface area contributed by atoms with Gasteiger partial charge < -0.3 is 0 Å². The summed E-state index contributed by atoms with van der Waals surface area (Å²) in [6.07, 6.45) is 5.76. The number of hydrogen-bond donors (Lipinski definition) is 1. The Kier molecular flexibility index (Phi) is 2.80. The second-order valence-electron chi connectivity index (χ2n) is 1.75. The van der Waals surface area contributed by atoms with Gasteiger partial charge in [0.25, 0.3) is 0 Å². The minimum atomic E-state index is -0.130. The van der Waals surface area contributed by atoms with Crippen LogP contribution in [0.15, 0.2) is 31.8 Å². The average molecular weight is 250 g/mol. The number of nitrogens with two attached hydrogens (primary N) is 1. The molecular formula is C7H9INO-. The van der Waals surface area contributed by atoms with Gasteiger partial charge in [0.05, 0.1) is 0 Å². The molecule has 1 aliphatic heterocycles. The van der Waals surface area contributed by atoms with Crippen molar-refractivity contribution in [2.45, 2.75) is 0 Å². The van der Waals surface area contributed by atoms with Crippen molar-refractivity contribution in [3.05, 3.63) is 31.8 Å². The van der Waals surface area contributed by atoms with Crippen LogP contribution in [0.4, 0.5) is 0 Å². The van der Waals surface area contributed by atoms with Crippen molar-refractivity contribution in [1.82, 2.24) is 0 Å². The van der Waals surface area contributed by atoms with Crippen LogP contribution in [0.2, 0.25) is 0 Å². The van der Waals surface area contributed by atoms with Crippen LogP contribution in [-0.2, 0) is 4.74 Å². The molecule has 0 aromatic rings. The summed E-state index contributed by atoms with van der Waals surface area (Å²) in [5.74, 6) is 0. The Bertz CT molecular complexity index is 203. The van der Waals surface area contributed by atoms with Crippen LogP contribution in [0.1, 0.15) is 0 Å². The van der Waals surface area contributed by atoms with Gasteiger partial charge in [0.1, 0.15) is 0 Å². The molecule has 1 aliphatic rings. The zero-order valence-corrected chi connectivity index (χ0v) is 7.83. The summed E-state index contributed by atoms with van der Waals surface area (Å²) in [5, 5.41) is 0. The van der Waals surface area contributed by atoms with Crippen LogP contribution < -0.4 is 26.9 Å². The number of methoxy groups -OCH3 is 1. The van der Waals surface area contributed by atoms with E-state index in [2.05, 4.69) is 0 Å². The predicted molar refractivity (Wildman–Crippen MR) is 36.5 cm³/mol. The molecule has 1 heterocycles. The van der Waals surface area contributed by atoms with E-state index in [1.165, 1.54) is 0 Å². The standard InChI is InChI=1S/C7H9INO/c1-10-7-4-2-3-6(9)5-8-7/h2-5H,9H2,1H3/q-1. The molecule has 0 radical (unpaired) electrons. The fraction of sp³-hybridized carbons (Fsp3) is 0.143. The predicted octanol–water partition coefficient (Wildman–Crippen LogP) is -2.07. The van der Waals surface area contributed by atoms with Crippen molar-refractivity contribution in [2.75, 3.05) is 7.11 Å². The molecule has 1 rings (SSSR count). The maximum absolute atomic E-state index is 5.56. The summed E-state index contributed by atoms with van der Waals surface area (Å²) in [4.78, 5) is 0. The van der Waals surface area contributed by atoms with Gasteiger partial charge in [0, 0.05) is 0 Å². The van der Waals surface area contributed by atoms with E-state index in [1.807, 2.05) is 22.3 Å². The molecule has 10 heavy (non-hydrogen) atoms. The molecule has 0 spiro atoms. The number of halogens is 1. The minimum absolute atomic E-state index is 0.130. The van der Waals surface area contributed by atoms with E-state index >= 15 is 0 Å². The monoisotopic (exact) mass is 250 g/mol. The molecule has 0 saturated heterocycles. The fourth-order valence-electron chi connectivity index (χ4n) is 0.537. The first-order valence-electron chi connectivity index (χ1n) is 2.84. The van der Waals surface area contributed by atoms with Gasteiger partial charge in [0.2, 0.25) is 0 Å². The SMILES string of the molecule is COC1=CC=CC(N)=C[I-]1. The summed E-state index contributed by atoms with van der Waals surface area (Å²) in [6, 6.07) is 0. The summed E-state index contributed by atoms with van der Waals surface area (Å²) in [6.45, 7) is 0. The molecule has 2 N–H and O–H groups in total. The first-order chi connectivity index (χ1) is 4.83. The van der Waals surface area contributed by atoms with E-state index < -0.39 is 0 Å². The van der Waals surface area contributed by atoms with Crippen molar-refractivity contribution in [3.8, 4) is 0 Å². The number of ether oxygens (including phenoxy) is 1. The van der Waals surface area contributed by atoms with E-state index in [1.54, 1.807) is 7.11 Å². The van der Waals surface area contributed by atoms with Crippen molar-refractivity contribution in [1.29, 1.82) is 0 Å². The van der Waals surface area contributed by atoms with E-state index in [4.69, 9.17) is 10.5 Å². The topological polar surface area (TPSA) is 35.2 Å². The molecule has 0 amide bonds. The first kappa shape index (κ1) is 7.65. The molecule has 0 aliphatic carbocycles. The third-order valence-electron chi connectivity index (χ3n) is 0.999. The third-order valence-corrected chi connectivity index (χ3v) is 3.44. The van der Waals surface area contributed by atoms with E-state index in [0.29, 0.717) is 0 Å². The number of rotatable bonds is 1. The Labute approximate surface area is 70.7 Å². The van der Waals surface area contributed by atoms with Crippen LogP contribution in [0.25, 0.3) is 0 Å². The van der Waals surface area contributed by atoms with Crippen LogP contribution in [0.3, 0.4) is 0 Å². The maximum atomic E-state index is 5.56. The quantitative estimate of drug-likeness (QED) is 0.543. The molecule has 0 aromatic heterocycles. The number of allylic oxidation sites excluding steroid dienone is 3. The molecule has 0 atom stereocenters. The fourth-order valence-corrected chi connectivity index (χ4v) is 2.08. The van der Waals surface area contributed by atoms with Gasteiger partial charge >= 0.3 is 70.6 Å². The Morgan fingerprint density at radius 2 is 2.40 bits per heavy atom. The summed E-state index contributed by atoms with van der Waals surface area (Å²) >= 11 is -0.130. The number of hydrogen-bond acceptors (Lipinski definition) is 2. The molecule has 56 valence electrons. The molecule has 0 unspecified atom stereocenters. The zero-order valence-electron chi connectivity index (χ0n) is 5.67. The van der Waals surface area contributed by atoms with Gasteiger partial charge in [-0.3, -0.25) is 0 Å². The molecule has 0 saturated carbocycles. The van der Waals surface area contributed by atoms with E-state index in [-0.39, 0.29) is 21.2 Å². The summed E-state index contributed by atoms with van der Waals surface area (Å²) in [7, 11) is 1.69. The van der Waals surface area contributed by atoms with Crippen molar-refractivity contribution in [3.63, 3.8) is 0 Å². The van der Waals surface area contributed by atoms with E-state index in [0.717, 1.165) is 9.46 Å². The molecule has 0 fully saturated rings. The molecule has 3 heteroatoms. The summed E-state index contributed by atoms with van der Waals surface area (Å²) < 4.78 is 8.17. The second-order valence-corrected chi connectivity index (χ2v) is 4.06. The van der Waals surface area contributed by atoms with Crippen molar-refractivity contribution in [2.24, 2.45) is 5.73 Å². The Hall–Kier alpha value is -0.450. The van der Waals surface area contributed by atoms with Gasteiger partial charge in [-0.15, -0.1) is 0 Å². The molecule has 0 bridgehead atoms. The third kappa shape index (κ3) is 2.06. The van der Waals surface area contributed by atoms with Crippen LogP contribution in [0.5, 0.6) is 0 Å². The second kappa shape index (κ2) is 3.65. The average Bonchev–Trinajstić information content (AvgIpc) is 2.14. The van der Waals surface area contributed by atoms with Gasteiger partial charge in [-0.05, 0) is 0 Å². The van der Waals surface area contributed by atoms with Crippen LogP contribution in [0, 0.1) is 0 Å². The van der Waals surface area contributed by atoms with E-state index in [9.17, 15) is 0 Å². The Balaban J connectivity index is 2.69. The van der Waals surface area contributed by atoms with Gasteiger partial charge in [-0.1, -0.05) is 0 Å². The summed E-state index contributed by atoms with van der Waals surface area (Å²) in [5.41, 5.74) is 6.41. The molecule has 0 aromatic carbocycles. The van der Waals surface area contributed by atoms with Gasteiger partial charge in [-0.25, -0.2) is 0 Å².